The Hall–Kier alpha value is 0.270. The van der Waals surface area contributed by atoms with Crippen LogP contribution in [0.25, 0.3) is 0 Å². The van der Waals surface area contributed by atoms with E-state index in [0.717, 1.165) is 6.54 Å². The van der Waals surface area contributed by atoms with Crippen LogP contribution >= 0.6 is 11.8 Å². The first-order valence-electron chi connectivity index (χ1n) is 3.82. The van der Waals surface area contributed by atoms with Crippen LogP contribution in [0.1, 0.15) is 6.42 Å². The summed E-state index contributed by atoms with van der Waals surface area (Å²) in [6.45, 7) is 2.03. The molecular formula is C7H16N2S. The van der Waals surface area contributed by atoms with Gasteiger partial charge < -0.3 is 10.6 Å². The van der Waals surface area contributed by atoms with Gasteiger partial charge in [-0.2, -0.15) is 11.8 Å². The van der Waals surface area contributed by atoms with Gasteiger partial charge in [-0.25, -0.2) is 0 Å². The second-order valence-corrected chi connectivity index (χ2v) is 3.95. The molecule has 1 aliphatic rings. The molecule has 0 aromatic heterocycles. The molecule has 1 fully saturated rings. The lowest BCUT2D eigenvalue weighted by atomic mass is 10.3. The second-order valence-electron chi connectivity index (χ2n) is 2.80. The zero-order chi connectivity index (χ0) is 7.40. The van der Waals surface area contributed by atoms with Crippen molar-refractivity contribution >= 4 is 11.8 Å². The van der Waals surface area contributed by atoms with Gasteiger partial charge in [0, 0.05) is 18.3 Å². The van der Waals surface area contributed by atoms with Crippen molar-refractivity contribution in [1.29, 1.82) is 0 Å². The number of hydrogen-bond donors (Lipinski definition) is 1. The first-order valence-corrected chi connectivity index (χ1v) is 4.98. The summed E-state index contributed by atoms with van der Waals surface area (Å²) in [5.74, 6) is 2.52. The third-order valence-corrected chi connectivity index (χ3v) is 3.20. The van der Waals surface area contributed by atoms with Crippen LogP contribution in [0.3, 0.4) is 0 Å². The molecule has 2 nitrogen and oxygen atoms in total. The topological polar surface area (TPSA) is 29.3 Å². The number of hydrogen-bond acceptors (Lipinski definition) is 3. The number of thioether (sulfide) groups is 1. The van der Waals surface area contributed by atoms with Gasteiger partial charge in [0.2, 0.25) is 0 Å². The van der Waals surface area contributed by atoms with Gasteiger partial charge in [0.1, 0.15) is 0 Å². The van der Waals surface area contributed by atoms with E-state index < -0.39 is 0 Å². The van der Waals surface area contributed by atoms with Crippen LogP contribution in [0.4, 0.5) is 0 Å². The van der Waals surface area contributed by atoms with Crippen molar-refractivity contribution in [2.24, 2.45) is 5.73 Å². The lowest BCUT2D eigenvalue weighted by Gasteiger charge is -2.23. The molecule has 2 N–H and O–H groups in total. The molecule has 0 bridgehead atoms. The SMILES string of the molecule is CN1CCCSCC1CN. The van der Waals surface area contributed by atoms with E-state index in [1.807, 2.05) is 11.8 Å². The highest BCUT2D eigenvalue weighted by molar-refractivity contribution is 7.99. The van der Waals surface area contributed by atoms with Crippen molar-refractivity contribution in [3.63, 3.8) is 0 Å². The molecular weight excluding hydrogens is 144 g/mol. The van der Waals surface area contributed by atoms with Gasteiger partial charge in [0.15, 0.2) is 0 Å². The van der Waals surface area contributed by atoms with E-state index in [1.165, 1.54) is 24.5 Å². The number of likely N-dealkylation sites (N-methyl/N-ethyl adjacent to an activating group) is 1. The minimum atomic E-state index is 0.618. The monoisotopic (exact) mass is 160 g/mol. The lowest BCUT2D eigenvalue weighted by molar-refractivity contribution is 0.272. The van der Waals surface area contributed by atoms with E-state index in [9.17, 15) is 0 Å². The van der Waals surface area contributed by atoms with Crippen molar-refractivity contribution in [3.05, 3.63) is 0 Å². The van der Waals surface area contributed by atoms with Gasteiger partial charge in [0.25, 0.3) is 0 Å². The number of rotatable bonds is 1. The highest BCUT2D eigenvalue weighted by atomic mass is 32.2. The minimum absolute atomic E-state index is 0.618. The Kier molecular flexibility index (Phi) is 3.52. The molecule has 1 atom stereocenters. The fourth-order valence-electron chi connectivity index (χ4n) is 1.19. The van der Waals surface area contributed by atoms with Gasteiger partial charge in [-0.1, -0.05) is 0 Å². The molecule has 0 radical (unpaired) electrons. The Labute approximate surface area is 67.1 Å². The van der Waals surface area contributed by atoms with E-state index in [-0.39, 0.29) is 0 Å². The summed E-state index contributed by atoms with van der Waals surface area (Å²) in [5.41, 5.74) is 5.61. The van der Waals surface area contributed by atoms with Crippen molar-refractivity contribution in [2.75, 3.05) is 31.6 Å². The van der Waals surface area contributed by atoms with Gasteiger partial charge in [-0.3, -0.25) is 0 Å². The molecule has 1 aliphatic heterocycles. The van der Waals surface area contributed by atoms with Crippen molar-refractivity contribution in [2.45, 2.75) is 12.5 Å². The third-order valence-electron chi connectivity index (χ3n) is 2.01. The summed E-state index contributed by atoms with van der Waals surface area (Å²) >= 11 is 2.03. The smallest absolute Gasteiger partial charge is 0.0305 e. The molecule has 1 heterocycles. The summed E-state index contributed by atoms with van der Waals surface area (Å²) < 4.78 is 0. The van der Waals surface area contributed by atoms with Gasteiger partial charge in [-0.15, -0.1) is 0 Å². The Balaban J connectivity index is 2.35. The molecule has 0 amide bonds. The Morgan fingerprint density at radius 1 is 1.70 bits per heavy atom. The van der Waals surface area contributed by atoms with Crippen LogP contribution in [-0.4, -0.2) is 42.6 Å². The highest BCUT2D eigenvalue weighted by Crippen LogP contribution is 2.13. The molecule has 3 heteroatoms. The molecule has 0 saturated carbocycles. The van der Waals surface area contributed by atoms with Gasteiger partial charge >= 0.3 is 0 Å². The average Bonchev–Trinajstić information content (AvgIpc) is 2.13. The van der Waals surface area contributed by atoms with E-state index in [4.69, 9.17) is 5.73 Å². The predicted octanol–water partition coefficient (Wildman–Crippen LogP) is 0.382. The summed E-state index contributed by atoms with van der Waals surface area (Å²) in [7, 11) is 2.17. The summed E-state index contributed by atoms with van der Waals surface area (Å²) in [5, 5.41) is 0. The first-order chi connectivity index (χ1) is 4.84. The van der Waals surface area contributed by atoms with Crippen LogP contribution < -0.4 is 5.73 Å². The zero-order valence-corrected chi connectivity index (χ0v) is 7.36. The van der Waals surface area contributed by atoms with Crippen molar-refractivity contribution < 1.29 is 0 Å². The van der Waals surface area contributed by atoms with E-state index in [2.05, 4.69) is 11.9 Å². The van der Waals surface area contributed by atoms with Gasteiger partial charge in [-0.05, 0) is 25.8 Å². The maximum absolute atomic E-state index is 5.61. The third kappa shape index (κ3) is 2.15. The molecule has 1 rings (SSSR count). The summed E-state index contributed by atoms with van der Waals surface area (Å²) in [6, 6.07) is 0.618. The van der Waals surface area contributed by atoms with Crippen LogP contribution in [-0.2, 0) is 0 Å². The van der Waals surface area contributed by atoms with Crippen LogP contribution in [0.5, 0.6) is 0 Å². The quantitative estimate of drug-likeness (QED) is 0.601. The fourth-order valence-corrected chi connectivity index (χ4v) is 2.36. The molecule has 10 heavy (non-hydrogen) atoms. The fraction of sp³-hybridized carbons (Fsp3) is 1.00. The van der Waals surface area contributed by atoms with Gasteiger partial charge in [0.05, 0.1) is 0 Å². The standard InChI is InChI=1S/C7H16N2S/c1-9-3-2-4-10-6-7(9)5-8/h7H,2-6,8H2,1H3. The van der Waals surface area contributed by atoms with Crippen LogP contribution in [0.2, 0.25) is 0 Å². The van der Waals surface area contributed by atoms with E-state index in [0.29, 0.717) is 6.04 Å². The predicted molar refractivity (Wildman–Crippen MR) is 47.4 cm³/mol. The van der Waals surface area contributed by atoms with E-state index in [1.54, 1.807) is 0 Å². The zero-order valence-electron chi connectivity index (χ0n) is 6.55. The number of nitrogens with zero attached hydrogens (tertiary/aromatic N) is 1. The molecule has 0 aromatic carbocycles. The normalized spacial score (nSPS) is 30.0. The molecule has 60 valence electrons. The van der Waals surface area contributed by atoms with Crippen LogP contribution in [0, 0.1) is 0 Å². The Morgan fingerprint density at radius 2 is 2.50 bits per heavy atom. The maximum Gasteiger partial charge on any atom is 0.0305 e. The van der Waals surface area contributed by atoms with Crippen molar-refractivity contribution in [1.82, 2.24) is 4.90 Å². The Bertz CT molecular complexity index is 97.6. The minimum Gasteiger partial charge on any atom is -0.329 e. The lowest BCUT2D eigenvalue weighted by Crippen LogP contribution is -2.39. The van der Waals surface area contributed by atoms with Crippen molar-refractivity contribution in [3.8, 4) is 0 Å². The van der Waals surface area contributed by atoms with Crippen LogP contribution in [0.15, 0.2) is 0 Å². The summed E-state index contributed by atoms with van der Waals surface area (Å²) in [4.78, 5) is 2.38. The number of nitrogens with two attached hydrogens (primary N) is 1. The summed E-state index contributed by atoms with van der Waals surface area (Å²) in [6.07, 6.45) is 1.32. The average molecular weight is 160 g/mol. The maximum atomic E-state index is 5.61. The highest BCUT2D eigenvalue weighted by Gasteiger charge is 2.15. The largest absolute Gasteiger partial charge is 0.329 e. The Morgan fingerprint density at radius 3 is 3.20 bits per heavy atom. The molecule has 1 saturated heterocycles. The molecule has 0 aliphatic carbocycles. The first kappa shape index (κ1) is 8.37. The van der Waals surface area contributed by atoms with E-state index >= 15 is 0 Å². The molecule has 0 spiro atoms. The second kappa shape index (κ2) is 4.21. The molecule has 1 unspecified atom stereocenters. The molecule has 0 aromatic rings.